The topological polar surface area (TPSA) is 62.8 Å². The van der Waals surface area contributed by atoms with Crippen molar-refractivity contribution in [3.8, 4) is 25.7 Å². The van der Waals surface area contributed by atoms with Crippen molar-refractivity contribution in [1.29, 1.82) is 0 Å². The van der Waals surface area contributed by atoms with E-state index in [2.05, 4.69) is 68.9 Å². The van der Waals surface area contributed by atoms with Gasteiger partial charge in [-0.15, -0.1) is 25.7 Å². The fourth-order valence-corrected chi connectivity index (χ4v) is 3.60. The van der Waals surface area contributed by atoms with E-state index in [1.54, 1.807) is 7.11 Å². The molecule has 1 amide bonds. The van der Waals surface area contributed by atoms with Crippen molar-refractivity contribution < 1.29 is 20.2 Å². The van der Waals surface area contributed by atoms with Gasteiger partial charge in [-0.05, 0) is 30.9 Å². The molecule has 0 aliphatic carbocycles. The number of nitrogens with two attached hydrogens (primary N) is 2. The number of rotatable bonds is 9. The Labute approximate surface area is 246 Å². The van der Waals surface area contributed by atoms with Crippen molar-refractivity contribution in [2.75, 3.05) is 46.9 Å². The lowest BCUT2D eigenvalue weighted by Gasteiger charge is -2.21. The fourth-order valence-electron chi connectivity index (χ4n) is 3.60. The van der Waals surface area contributed by atoms with Crippen molar-refractivity contribution in [3.63, 3.8) is 0 Å². The molecule has 0 unspecified atom stereocenters. The van der Waals surface area contributed by atoms with Gasteiger partial charge >= 0.3 is 0 Å². The Morgan fingerprint density at radius 1 is 1.00 bits per heavy atom. The van der Waals surface area contributed by atoms with Crippen LogP contribution in [0.5, 0.6) is 0 Å². The summed E-state index contributed by atoms with van der Waals surface area (Å²) >= 11 is 0. The number of nitrogens with zero attached hydrogens (tertiary/aromatic N) is 1. The van der Waals surface area contributed by atoms with Gasteiger partial charge in [0.15, 0.2) is 0 Å². The lowest BCUT2D eigenvalue weighted by atomic mass is 10.1. The van der Waals surface area contributed by atoms with Crippen LogP contribution in [-0.4, -0.2) is 58.2 Å². The Morgan fingerprint density at radius 2 is 1.55 bits per heavy atom. The second kappa shape index (κ2) is 35.5. The normalized spacial score (nSPS) is 14.7. The maximum Gasteiger partial charge on any atom is 0.209 e. The number of hydrogen-bond donors (Lipinski definition) is 2. The number of benzene rings is 1. The summed E-state index contributed by atoms with van der Waals surface area (Å²) < 4.78 is 5.30. The third kappa shape index (κ3) is 27.5. The molecule has 2 aliphatic rings. The second-order valence-electron chi connectivity index (χ2n) is 8.90. The van der Waals surface area contributed by atoms with Gasteiger partial charge in [0.25, 0.3) is 0 Å². The zero-order chi connectivity index (χ0) is 30.7. The minimum absolute atomic E-state index is 0.857. The van der Waals surface area contributed by atoms with Gasteiger partial charge < -0.3 is 20.3 Å². The van der Waals surface area contributed by atoms with Crippen LogP contribution in [0.15, 0.2) is 84.2 Å². The highest BCUT2D eigenvalue weighted by molar-refractivity contribution is 5.46. The SMILES string of the molecule is C#C.C#C.C=C(C[NH2+]C)\C(=C/C=C\C=C1\CC[NH2+]C1)OC.CCCCC.O=CN1CCCCC1.c1ccccc1. The number of amides is 1. The van der Waals surface area contributed by atoms with Crippen LogP contribution in [0.1, 0.15) is 58.8 Å². The van der Waals surface area contributed by atoms with Crippen LogP contribution in [0.25, 0.3) is 0 Å². The molecule has 5 heteroatoms. The first-order chi connectivity index (χ1) is 19.6. The Kier molecular flexibility index (Phi) is 36.4. The molecular formula is C35H57N3O2+2. The zero-order valence-corrected chi connectivity index (χ0v) is 25.8. The molecule has 0 atom stereocenters. The lowest BCUT2D eigenvalue weighted by molar-refractivity contribution is -0.632. The second-order valence-corrected chi connectivity index (χ2v) is 8.90. The minimum atomic E-state index is 0.857. The van der Waals surface area contributed by atoms with Crippen LogP contribution in [0.4, 0.5) is 0 Å². The fraction of sp³-hybridized carbons (Fsp3) is 0.457. The summed E-state index contributed by atoms with van der Waals surface area (Å²) in [6.07, 6.45) is 34.2. The van der Waals surface area contributed by atoms with Crippen molar-refractivity contribution in [1.82, 2.24) is 4.90 Å². The van der Waals surface area contributed by atoms with Crippen LogP contribution < -0.4 is 10.6 Å². The highest BCUT2D eigenvalue weighted by Crippen LogP contribution is 2.07. The number of ether oxygens (including phenoxy) is 1. The molecule has 1 aromatic rings. The van der Waals surface area contributed by atoms with Crippen molar-refractivity contribution >= 4 is 6.41 Å². The molecular weight excluding hydrogens is 494 g/mol. The predicted molar refractivity (Wildman–Crippen MR) is 173 cm³/mol. The third-order valence-corrected chi connectivity index (χ3v) is 5.70. The van der Waals surface area contributed by atoms with Gasteiger partial charge in [-0.2, -0.15) is 0 Å². The van der Waals surface area contributed by atoms with Gasteiger partial charge in [0, 0.05) is 25.1 Å². The van der Waals surface area contributed by atoms with Crippen molar-refractivity contribution in [2.45, 2.75) is 58.8 Å². The molecule has 2 fully saturated rings. The molecule has 0 bridgehead atoms. The van der Waals surface area contributed by atoms with Crippen LogP contribution in [0, 0.1) is 25.7 Å². The number of unbranched alkanes of at least 4 members (excludes halogenated alkanes) is 2. The smallest absolute Gasteiger partial charge is 0.209 e. The Bertz CT molecular complexity index is 774. The minimum Gasteiger partial charge on any atom is -0.496 e. The number of likely N-dealkylation sites (N-methyl/N-ethyl adjacent to an activating group) is 1. The molecule has 5 nitrogen and oxygen atoms in total. The molecule has 4 N–H and O–H groups in total. The molecule has 0 saturated carbocycles. The Hall–Kier alpha value is -3.51. The maximum atomic E-state index is 10.1. The third-order valence-electron chi connectivity index (χ3n) is 5.70. The number of methoxy groups -OCH3 is 1. The number of hydrogen-bond acceptors (Lipinski definition) is 2. The van der Waals surface area contributed by atoms with Gasteiger partial charge in [0.05, 0.1) is 27.2 Å². The van der Waals surface area contributed by atoms with Crippen molar-refractivity contribution in [2.24, 2.45) is 0 Å². The van der Waals surface area contributed by atoms with E-state index in [0.717, 1.165) is 43.9 Å². The number of allylic oxidation sites excluding steroid dienone is 4. The van der Waals surface area contributed by atoms with E-state index in [0.29, 0.717) is 0 Å². The number of quaternary nitrogens is 2. The summed E-state index contributed by atoms with van der Waals surface area (Å²) in [5, 5.41) is 4.41. The highest BCUT2D eigenvalue weighted by atomic mass is 16.5. The summed E-state index contributed by atoms with van der Waals surface area (Å²) in [6, 6.07) is 12.0. The van der Waals surface area contributed by atoms with E-state index in [-0.39, 0.29) is 0 Å². The average molecular weight is 552 g/mol. The summed E-state index contributed by atoms with van der Waals surface area (Å²) in [6.45, 7) is 13.6. The summed E-state index contributed by atoms with van der Waals surface area (Å²) in [4.78, 5) is 11.9. The first-order valence-electron chi connectivity index (χ1n) is 14.4. The molecule has 0 radical (unpaired) electrons. The van der Waals surface area contributed by atoms with E-state index in [1.807, 2.05) is 60.5 Å². The van der Waals surface area contributed by atoms with Gasteiger partial charge in [-0.25, -0.2) is 0 Å². The van der Waals surface area contributed by atoms with E-state index < -0.39 is 0 Å². The monoisotopic (exact) mass is 551 g/mol. The van der Waals surface area contributed by atoms with Crippen LogP contribution in [0.2, 0.25) is 0 Å². The molecule has 2 aliphatic heterocycles. The standard InChI is InChI=1S/C14H22N2O.C6H11NO.C6H6.C5H12.2C2H2/c1-12(10-15-2)14(17-3)7-5-4-6-13-8-9-16-11-13;8-6-7-4-2-1-3-5-7;1-2-4-6-5-3-1;1-3-5-4-2;2*1-2/h4-7,15-16H,1,8-11H2,2-3H3;6H,1-5H2;1-6H;3-5H2,1-2H3;2*1-2H/p+2/b5-4-,13-6-,14-7+;;;;;. The molecule has 0 spiro atoms. The van der Waals surface area contributed by atoms with Gasteiger partial charge in [-0.3, -0.25) is 4.79 Å². The van der Waals surface area contributed by atoms with Gasteiger partial charge in [-0.1, -0.05) is 94.3 Å². The molecule has 2 saturated heterocycles. The molecule has 222 valence electrons. The summed E-state index contributed by atoms with van der Waals surface area (Å²) in [5.41, 5.74) is 2.52. The van der Waals surface area contributed by atoms with Crippen LogP contribution in [0.3, 0.4) is 0 Å². The number of carbonyl (C=O) groups excluding carboxylic acids is 1. The first kappa shape index (κ1) is 41.0. The van der Waals surface area contributed by atoms with Crippen molar-refractivity contribution in [3.05, 3.63) is 84.2 Å². The maximum absolute atomic E-state index is 10.1. The van der Waals surface area contributed by atoms with E-state index in [4.69, 9.17) is 4.74 Å². The number of piperidine rings is 1. The Morgan fingerprint density at radius 3 is 1.90 bits per heavy atom. The zero-order valence-electron chi connectivity index (χ0n) is 25.8. The first-order valence-corrected chi connectivity index (χ1v) is 14.4. The quantitative estimate of drug-likeness (QED) is 0.202. The van der Waals surface area contributed by atoms with Crippen LogP contribution >= 0.6 is 0 Å². The van der Waals surface area contributed by atoms with E-state index in [9.17, 15) is 4.79 Å². The Balaban J connectivity index is -0.000000493. The average Bonchev–Trinajstić information content (AvgIpc) is 3.56. The number of terminal acetylenes is 2. The molecule has 40 heavy (non-hydrogen) atoms. The van der Waals surface area contributed by atoms with Crippen LogP contribution in [-0.2, 0) is 9.53 Å². The molecule has 1 aromatic carbocycles. The predicted octanol–water partition coefficient (Wildman–Crippen LogP) is 4.73. The van der Waals surface area contributed by atoms with Gasteiger partial charge in [0.1, 0.15) is 12.3 Å². The number of likely N-dealkylation sites (tertiary alicyclic amines) is 1. The lowest BCUT2D eigenvalue weighted by Crippen LogP contribution is -2.80. The molecule has 2 heterocycles. The summed E-state index contributed by atoms with van der Waals surface area (Å²) in [7, 11) is 3.71. The molecule has 3 rings (SSSR count). The van der Waals surface area contributed by atoms with E-state index in [1.165, 1.54) is 57.1 Å². The van der Waals surface area contributed by atoms with E-state index >= 15 is 0 Å². The van der Waals surface area contributed by atoms with Gasteiger partial charge in [0.2, 0.25) is 6.41 Å². The summed E-state index contributed by atoms with van der Waals surface area (Å²) in [5.74, 6) is 0.857. The largest absolute Gasteiger partial charge is 0.496 e. The number of carbonyl (C=O) groups is 1. The highest BCUT2D eigenvalue weighted by Gasteiger charge is 2.07. The molecule has 0 aromatic heterocycles.